The highest BCUT2D eigenvalue weighted by Gasteiger charge is 2.18. The molecule has 4 aromatic rings. The van der Waals surface area contributed by atoms with Gasteiger partial charge in [-0.05, 0) is 106 Å². The van der Waals surface area contributed by atoms with Crippen LogP contribution in [-0.4, -0.2) is 49.8 Å². The average Bonchev–Trinajstić information content (AvgIpc) is 3.32. The van der Waals surface area contributed by atoms with Gasteiger partial charge in [0.25, 0.3) is 0 Å². The second-order valence-electron chi connectivity index (χ2n) is 9.15. The minimum atomic E-state index is 0.506. The lowest BCUT2D eigenvalue weighted by atomic mass is 9.89. The summed E-state index contributed by atoms with van der Waals surface area (Å²) in [5.41, 5.74) is 5.39. The van der Waals surface area contributed by atoms with Gasteiger partial charge < -0.3 is 10.2 Å². The number of benzene rings is 2. The maximum absolute atomic E-state index is 9.62. The standard InChI is InChI=1S/C27H28N8/c1-19-30-18-35(33-19)25-5-3-24(4-6-25)31-27-29-10-7-26(32-27)23-15-21(14-22(16-23)17-28)13-20-8-11-34(2)12-9-20/h3-7,10,14-16,18,20H,8-9,11-13H2,1-2H3,(H,29,31,32). The molecule has 0 amide bonds. The second kappa shape index (κ2) is 10.0. The summed E-state index contributed by atoms with van der Waals surface area (Å²) in [4.78, 5) is 15.7. The SMILES string of the molecule is Cc1ncn(-c2ccc(Nc3nccc(-c4cc(C#N)cc(CC5CCN(C)CC5)c4)n3)cc2)n1. The number of nitriles is 1. The molecule has 0 spiro atoms. The van der Waals surface area contributed by atoms with E-state index in [1.807, 2.05) is 49.4 Å². The Morgan fingerprint density at radius 3 is 2.57 bits per heavy atom. The first-order valence-electron chi connectivity index (χ1n) is 11.9. The number of anilines is 2. The zero-order chi connectivity index (χ0) is 24.2. The quantitative estimate of drug-likeness (QED) is 0.448. The maximum Gasteiger partial charge on any atom is 0.227 e. The fourth-order valence-electron chi connectivity index (χ4n) is 4.50. The highest BCUT2D eigenvalue weighted by molar-refractivity contribution is 5.65. The largest absolute Gasteiger partial charge is 0.324 e. The number of rotatable bonds is 6. The first-order chi connectivity index (χ1) is 17.1. The normalized spacial score (nSPS) is 14.5. The van der Waals surface area contributed by atoms with Crippen molar-refractivity contribution in [1.29, 1.82) is 5.26 Å². The molecular weight excluding hydrogens is 436 g/mol. The molecule has 2 aromatic carbocycles. The van der Waals surface area contributed by atoms with Crippen LogP contribution in [0.2, 0.25) is 0 Å². The molecular formula is C27H28N8. The summed E-state index contributed by atoms with van der Waals surface area (Å²) in [5, 5.41) is 17.2. The third-order valence-electron chi connectivity index (χ3n) is 6.43. The van der Waals surface area contributed by atoms with E-state index in [2.05, 4.69) is 44.5 Å². The Labute approximate surface area is 205 Å². The van der Waals surface area contributed by atoms with E-state index in [-0.39, 0.29) is 0 Å². The predicted octanol–water partition coefficient (Wildman–Crippen LogP) is 4.53. The van der Waals surface area contributed by atoms with Gasteiger partial charge in [-0.25, -0.2) is 19.6 Å². The van der Waals surface area contributed by atoms with E-state index in [1.165, 1.54) is 18.4 Å². The summed E-state index contributed by atoms with van der Waals surface area (Å²) in [7, 11) is 2.18. The Kier molecular flexibility index (Phi) is 6.51. The van der Waals surface area contributed by atoms with Crippen LogP contribution in [0.5, 0.6) is 0 Å². The maximum atomic E-state index is 9.62. The van der Waals surface area contributed by atoms with E-state index < -0.39 is 0 Å². The van der Waals surface area contributed by atoms with Crippen LogP contribution in [0.1, 0.15) is 29.8 Å². The number of aryl methyl sites for hydroxylation is 1. The van der Waals surface area contributed by atoms with E-state index in [0.29, 0.717) is 17.4 Å². The third-order valence-corrected chi connectivity index (χ3v) is 6.43. The van der Waals surface area contributed by atoms with E-state index >= 15 is 0 Å². The van der Waals surface area contributed by atoms with Crippen molar-refractivity contribution in [3.8, 4) is 23.0 Å². The van der Waals surface area contributed by atoms with Crippen LogP contribution >= 0.6 is 0 Å². The smallest absolute Gasteiger partial charge is 0.227 e. The van der Waals surface area contributed by atoms with E-state index in [0.717, 1.165) is 48.0 Å². The first kappa shape index (κ1) is 22.7. The lowest BCUT2D eigenvalue weighted by Gasteiger charge is -2.29. The number of piperidine rings is 1. The first-order valence-corrected chi connectivity index (χ1v) is 11.9. The molecule has 0 radical (unpaired) electrons. The van der Waals surface area contributed by atoms with Crippen LogP contribution in [0.15, 0.2) is 61.1 Å². The Morgan fingerprint density at radius 1 is 1.06 bits per heavy atom. The number of likely N-dealkylation sites (tertiary alicyclic amines) is 1. The van der Waals surface area contributed by atoms with Crippen LogP contribution in [0.25, 0.3) is 16.9 Å². The van der Waals surface area contributed by atoms with Gasteiger partial charge in [-0.2, -0.15) is 10.4 Å². The van der Waals surface area contributed by atoms with Crippen LogP contribution < -0.4 is 5.32 Å². The van der Waals surface area contributed by atoms with Crippen molar-refractivity contribution in [3.63, 3.8) is 0 Å². The zero-order valence-electron chi connectivity index (χ0n) is 20.0. The molecule has 0 saturated carbocycles. The van der Waals surface area contributed by atoms with Crippen molar-refractivity contribution in [2.45, 2.75) is 26.2 Å². The third kappa shape index (κ3) is 5.53. The van der Waals surface area contributed by atoms with Gasteiger partial charge in [0.05, 0.1) is 23.0 Å². The van der Waals surface area contributed by atoms with Crippen LogP contribution in [0.3, 0.4) is 0 Å². The molecule has 0 unspecified atom stereocenters. The van der Waals surface area contributed by atoms with Crippen molar-refractivity contribution < 1.29 is 0 Å². The summed E-state index contributed by atoms with van der Waals surface area (Å²) in [6.07, 6.45) is 6.82. The van der Waals surface area contributed by atoms with Crippen molar-refractivity contribution in [1.82, 2.24) is 29.6 Å². The monoisotopic (exact) mass is 464 g/mol. The summed E-state index contributed by atoms with van der Waals surface area (Å²) < 4.78 is 1.74. The second-order valence-corrected chi connectivity index (χ2v) is 9.15. The molecule has 0 bridgehead atoms. The summed E-state index contributed by atoms with van der Waals surface area (Å²) in [5.74, 6) is 1.89. The lowest BCUT2D eigenvalue weighted by Crippen LogP contribution is -2.30. The molecule has 1 aliphatic rings. The van der Waals surface area contributed by atoms with Crippen molar-refractivity contribution in [2.24, 2.45) is 5.92 Å². The zero-order valence-corrected chi connectivity index (χ0v) is 20.0. The Morgan fingerprint density at radius 2 is 1.86 bits per heavy atom. The number of nitrogens with one attached hydrogen (secondary N) is 1. The number of nitrogens with zero attached hydrogens (tertiary/aromatic N) is 7. The van der Waals surface area contributed by atoms with Crippen LogP contribution in [0.4, 0.5) is 11.6 Å². The molecule has 35 heavy (non-hydrogen) atoms. The van der Waals surface area contributed by atoms with Gasteiger partial charge >= 0.3 is 0 Å². The van der Waals surface area contributed by atoms with E-state index in [4.69, 9.17) is 4.98 Å². The number of hydrogen-bond acceptors (Lipinski definition) is 7. The van der Waals surface area contributed by atoms with Crippen molar-refractivity contribution >= 4 is 11.6 Å². The van der Waals surface area contributed by atoms with E-state index in [1.54, 1.807) is 17.2 Å². The fraction of sp³-hybridized carbons (Fsp3) is 0.296. The van der Waals surface area contributed by atoms with Gasteiger partial charge in [0, 0.05) is 17.4 Å². The molecule has 2 aromatic heterocycles. The van der Waals surface area contributed by atoms with Gasteiger partial charge in [0.15, 0.2) is 0 Å². The van der Waals surface area contributed by atoms with Gasteiger partial charge in [0.1, 0.15) is 12.2 Å². The molecule has 1 N–H and O–H groups in total. The minimum absolute atomic E-state index is 0.506. The molecule has 5 rings (SSSR count). The molecule has 176 valence electrons. The van der Waals surface area contributed by atoms with E-state index in [9.17, 15) is 5.26 Å². The Balaban J connectivity index is 1.34. The summed E-state index contributed by atoms with van der Waals surface area (Å²) in [6, 6.07) is 18.1. The molecule has 1 fully saturated rings. The molecule has 0 atom stereocenters. The van der Waals surface area contributed by atoms with Crippen molar-refractivity contribution in [3.05, 3.63) is 78.0 Å². The summed E-state index contributed by atoms with van der Waals surface area (Å²) in [6.45, 7) is 4.13. The lowest BCUT2D eigenvalue weighted by molar-refractivity contribution is 0.219. The molecule has 0 aliphatic carbocycles. The van der Waals surface area contributed by atoms with Crippen LogP contribution in [0, 0.1) is 24.2 Å². The van der Waals surface area contributed by atoms with Crippen LogP contribution in [-0.2, 0) is 6.42 Å². The number of hydrogen-bond donors (Lipinski definition) is 1. The van der Waals surface area contributed by atoms with Gasteiger partial charge in [-0.1, -0.05) is 0 Å². The highest BCUT2D eigenvalue weighted by Crippen LogP contribution is 2.26. The minimum Gasteiger partial charge on any atom is -0.324 e. The number of aromatic nitrogens is 5. The molecule has 8 heteroatoms. The van der Waals surface area contributed by atoms with Gasteiger partial charge in [-0.15, -0.1) is 0 Å². The summed E-state index contributed by atoms with van der Waals surface area (Å²) >= 11 is 0. The molecule has 1 saturated heterocycles. The van der Waals surface area contributed by atoms with Gasteiger partial charge in [-0.3, -0.25) is 0 Å². The highest BCUT2D eigenvalue weighted by atomic mass is 15.3. The fourth-order valence-corrected chi connectivity index (χ4v) is 4.50. The van der Waals surface area contributed by atoms with Crippen molar-refractivity contribution in [2.75, 3.05) is 25.5 Å². The predicted molar refractivity (Wildman–Crippen MR) is 135 cm³/mol. The topological polar surface area (TPSA) is 95.5 Å². The van der Waals surface area contributed by atoms with Gasteiger partial charge in [0.2, 0.25) is 5.95 Å². The molecule has 1 aliphatic heterocycles. The Hall–Kier alpha value is -4.09. The average molecular weight is 465 g/mol. The molecule has 3 heterocycles. The molecule has 8 nitrogen and oxygen atoms in total. The Bertz CT molecular complexity index is 1340.